The zero-order chi connectivity index (χ0) is 17.6. The van der Waals surface area contributed by atoms with Gasteiger partial charge in [0.2, 0.25) is 5.91 Å². The molecule has 0 bridgehead atoms. The van der Waals surface area contributed by atoms with Crippen LogP contribution < -0.4 is 20.1 Å². The van der Waals surface area contributed by atoms with Gasteiger partial charge >= 0.3 is 0 Å². The molecular weight excluding hydrogens is 322 g/mol. The van der Waals surface area contributed by atoms with Crippen LogP contribution in [-0.4, -0.2) is 41.0 Å². The van der Waals surface area contributed by atoms with Crippen LogP contribution in [0.5, 0.6) is 11.5 Å². The Labute approximate surface area is 144 Å². The van der Waals surface area contributed by atoms with Crippen LogP contribution >= 0.6 is 0 Å². The van der Waals surface area contributed by atoms with Crippen molar-refractivity contribution >= 4 is 23.1 Å². The minimum atomic E-state index is -0.130. The number of anilines is 2. The van der Waals surface area contributed by atoms with Crippen LogP contribution in [0, 0.1) is 0 Å². The smallest absolute Gasteiger partial charge is 0.226 e. The summed E-state index contributed by atoms with van der Waals surface area (Å²) in [5.41, 5.74) is 1.32. The lowest BCUT2D eigenvalue weighted by Gasteiger charge is -2.12. The van der Waals surface area contributed by atoms with Gasteiger partial charge in [-0.15, -0.1) is 0 Å². The number of carbonyl (C=O) groups is 1. The van der Waals surface area contributed by atoms with E-state index >= 15 is 0 Å². The predicted octanol–water partition coefficient (Wildman–Crippen LogP) is 2.19. The van der Waals surface area contributed by atoms with Gasteiger partial charge in [-0.25, -0.2) is 4.98 Å². The molecular formula is C17H19N5O3. The second-order valence-electron chi connectivity index (χ2n) is 5.24. The normalized spacial score (nSPS) is 10.5. The Morgan fingerprint density at radius 3 is 2.92 bits per heavy atom. The van der Waals surface area contributed by atoms with Gasteiger partial charge in [-0.1, -0.05) is 0 Å². The van der Waals surface area contributed by atoms with Gasteiger partial charge in [-0.2, -0.15) is 0 Å². The molecule has 3 rings (SSSR count). The second kappa shape index (κ2) is 7.52. The zero-order valence-electron chi connectivity index (χ0n) is 14.0. The number of methoxy groups -OCH3 is 2. The molecule has 8 nitrogen and oxygen atoms in total. The topological polar surface area (TPSA) is 89.8 Å². The van der Waals surface area contributed by atoms with Crippen molar-refractivity contribution in [3.63, 3.8) is 0 Å². The van der Waals surface area contributed by atoms with Crippen LogP contribution in [0.25, 0.3) is 5.65 Å². The summed E-state index contributed by atoms with van der Waals surface area (Å²) in [6, 6.07) is 5.25. The molecule has 3 aromatic rings. The molecule has 0 unspecified atom stereocenters. The van der Waals surface area contributed by atoms with Crippen molar-refractivity contribution < 1.29 is 14.3 Å². The maximum atomic E-state index is 12.2. The largest absolute Gasteiger partial charge is 0.497 e. The summed E-state index contributed by atoms with van der Waals surface area (Å²) in [7, 11) is 3.13. The summed E-state index contributed by atoms with van der Waals surface area (Å²) < 4.78 is 12.3. The molecule has 1 amide bonds. The number of carbonyl (C=O) groups excluding carboxylic acids is 1. The van der Waals surface area contributed by atoms with Crippen molar-refractivity contribution in [2.45, 2.75) is 6.42 Å². The number of benzene rings is 1. The highest BCUT2D eigenvalue weighted by Crippen LogP contribution is 2.28. The lowest BCUT2D eigenvalue weighted by molar-refractivity contribution is -0.116. The molecule has 0 aliphatic heterocycles. The molecule has 2 heterocycles. The fourth-order valence-corrected chi connectivity index (χ4v) is 2.40. The molecule has 0 saturated carbocycles. The van der Waals surface area contributed by atoms with E-state index in [9.17, 15) is 4.79 Å². The van der Waals surface area contributed by atoms with Gasteiger partial charge in [0.05, 0.1) is 32.3 Å². The van der Waals surface area contributed by atoms with E-state index in [4.69, 9.17) is 9.47 Å². The van der Waals surface area contributed by atoms with Gasteiger partial charge in [-0.3, -0.25) is 14.2 Å². The Bertz CT molecular complexity index is 878. The second-order valence-corrected chi connectivity index (χ2v) is 5.24. The lowest BCUT2D eigenvalue weighted by Crippen LogP contribution is -2.17. The Kier molecular flexibility index (Phi) is 4.98. The number of imidazole rings is 1. The number of nitrogens with zero attached hydrogens (tertiary/aromatic N) is 3. The monoisotopic (exact) mass is 341 g/mol. The number of hydrogen-bond donors (Lipinski definition) is 2. The van der Waals surface area contributed by atoms with E-state index in [1.165, 1.54) is 0 Å². The highest BCUT2D eigenvalue weighted by atomic mass is 16.5. The van der Waals surface area contributed by atoms with E-state index < -0.39 is 0 Å². The molecule has 2 N–H and O–H groups in total. The van der Waals surface area contributed by atoms with Gasteiger partial charge in [0, 0.05) is 31.4 Å². The molecule has 2 aromatic heterocycles. The third-order valence-electron chi connectivity index (χ3n) is 3.66. The predicted molar refractivity (Wildman–Crippen MR) is 94.3 cm³/mol. The van der Waals surface area contributed by atoms with Crippen molar-refractivity contribution in [3.8, 4) is 11.5 Å². The molecule has 8 heteroatoms. The summed E-state index contributed by atoms with van der Waals surface area (Å²) in [6.07, 6.45) is 7.17. The molecule has 0 radical (unpaired) electrons. The number of aromatic nitrogens is 3. The third-order valence-corrected chi connectivity index (χ3v) is 3.66. The first-order valence-corrected chi connectivity index (χ1v) is 7.74. The number of ether oxygens (including phenoxy) is 2. The first-order chi connectivity index (χ1) is 12.2. The van der Waals surface area contributed by atoms with Crippen molar-refractivity contribution in [1.29, 1.82) is 0 Å². The summed E-state index contributed by atoms with van der Waals surface area (Å²) in [5.74, 6) is 1.91. The highest BCUT2D eigenvalue weighted by Gasteiger charge is 2.09. The van der Waals surface area contributed by atoms with Crippen LogP contribution in [-0.2, 0) is 4.79 Å². The minimum absolute atomic E-state index is 0.130. The molecule has 1 aromatic carbocycles. The van der Waals surface area contributed by atoms with Gasteiger partial charge in [0.1, 0.15) is 17.3 Å². The van der Waals surface area contributed by atoms with E-state index in [0.29, 0.717) is 30.2 Å². The highest BCUT2D eigenvalue weighted by molar-refractivity contribution is 5.92. The molecule has 0 spiro atoms. The molecule has 25 heavy (non-hydrogen) atoms. The fourth-order valence-electron chi connectivity index (χ4n) is 2.40. The maximum absolute atomic E-state index is 12.2. The first kappa shape index (κ1) is 16.6. The minimum Gasteiger partial charge on any atom is -0.497 e. The molecule has 0 atom stereocenters. The SMILES string of the molecule is COc1ccc(OC)c(NC(=O)CCNc2cnc3cnccn23)c1. The molecule has 0 saturated heterocycles. The van der Waals surface area contributed by atoms with Crippen molar-refractivity contribution in [1.82, 2.24) is 14.4 Å². The molecule has 0 fully saturated rings. The van der Waals surface area contributed by atoms with E-state index in [1.807, 2.05) is 10.6 Å². The lowest BCUT2D eigenvalue weighted by atomic mass is 10.2. The summed E-state index contributed by atoms with van der Waals surface area (Å²) in [6.45, 7) is 0.467. The molecule has 0 aliphatic carbocycles. The summed E-state index contributed by atoms with van der Waals surface area (Å²) >= 11 is 0. The van der Waals surface area contributed by atoms with E-state index in [1.54, 1.807) is 51.0 Å². The third kappa shape index (κ3) is 3.79. The number of fused-ring (bicyclic) bond motifs is 1. The summed E-state index contributed by atoms with van der Waals surface area (Å²) in [5, 5.41) is 6.03. The van der Waals surface area contributed by atoms with Gasteiger partial charge < -0.3 is 20.1 Å². The quantitative estimate of drug-likeness (QED) is 0.685. The zero-order valence-corrected chi connectivity index (χ0v) is 14.0. The number of hydrogen-bond acceptors (Lipinski definition) is 6. The molecule has 0 aliphatic rings. The van der Waals surface area contributed by atoms with Gasteiger partial charge in [0.15, 0.2) is 5.65 Å². The Morgan fingerprint density at radius 1 is 1.24 bits per heavy atom. The number of amides is 1. The van der Waals surface area contributed by atoms with Crippen LogP contribution in [0.15, 0.2) is 43.0 Å². The van der Waals surface area contributed by atoms with Crippen molar-refractivity contribution in [2.24, 2.45) is 0 Å². The van der Waals surface area contributed by atoms with E-state index in [0.717, 1.165) is 11.5 Å². The molecule has 130 valence electrons. The Balaban J connectivity index is 1.58. The van der Waals surface area contributed by atoms with E-state index in [2.05, 4.69) is 20.6 Å². The van der Waals surface area contributed by atoms with Gasteiger partial charge in [0.25, 0.3) is 0 Å². The van der Waals surface area contributed by atoms with Crippen molar-refractivity contribution in [2.75, 3.05) is 31.4 Å². The average molecular weight is 341 g/mol. The van der Waals surface area contributed by atoms with Crippen LogP contribution in [0.1, 0.15) is 6.42 Å². The Morgan fingerprint density at radius 2 is 2.12 bits per heavy atom. The van der Waals surface area contributed by atoms with Gasteiger partial charge in [-0.05, 0) is 12.1 Å². The first-order valence-electron chi connectivity index (χ1n) is 7.74. The van der Waals surface area contributed by atoms with Crippen LogP contribution in [0.2, 0.25) is 0 Å². The Hall–Kier alpha value is -3.29. The average Bonchev–Trinajstić information content (AvgIpc) is 3.05. The van der Waals surface area contributed by atoms with Crippen LogP contribution in [0.3, 0.4) is 0 Å². The van der Waals surface area contributed by atoms with Crippen LogP contribution in [0.4, 0.5) is 11.5 Å². The van der Waals surface area contributed by atoms with E-state index in [-0.39, 0.29) is 5.91 Å². The number of rotatable bonds is 7. The maximum Gasteiger partial charge on any atom is 0.226 e. The van der Waals surface area contributed by atoms with Crippen molar-refractivity contribution in [3.05, 3.63) is 43.0 Å². The number of nitrogens with one attached hydrogen (secondary N) is 2. The fraction of sp³-hybridized carbons (Fsp3) is 0.235. The summed E-state index contributed by atoms with van der Waals surface area (Å²) in [4.78, 5) is 20.4. The standard InChI is InChI=1S/C17H19N5O3/c1-24-12-3-4-14(25-2)13(9-12)21-17(23)5-6-19-16-11-20-15-10-18-7-8-22(15)16/h3-4,7-11,19H,5-6H2,1-2H3,(H,21,23).